The first-order valence-corrected chi connectivity index (χ1v) is 5.08. The number of carbonyl (C=O) groups is 1. The van der Waals surface area contributed by atoms with E-state index < -0.39 is 0 Å². The van der Waals surface area contributed by atoms with E-state index in [4.69, 9.17) is 5.11 Å². The van der Waals surface area contributed by atoms with Gasteiger partial charge in [0.2, 0.25) is 5.91 Å². The van der Waals surface area contributed by atoms with Gasteiger partial charge in [-0.15, -0.1) is 0 Å². The zero-order valence-corrected chi connectivity index (χ0v) is 8.94. The second-order valence-electron chi connectivity index (χ2n) is 3.38. The molecule has 1 heterocycles. The van der Waals surface area contributed by atoms with Crippen LogP contribution in [0, 0.1) is 0 Å². The van der Waals surface area contributed by atoms with Crippen LogP contribution in [0.5, 0.6) is 0 Å². The van der Waals surface area contributed by atoms with Crippen molar-refractivity contribution in [3.8, 4) is 0 Å². The van der Waals surface area contributed by atoms with Crippen molar-refractivity contribution in [2.75, 3.05) is 13.2 Å². The van der Waals surface area contributed by atoms with Crippen molar-refractivity contribution in [3.63, 3.8) is 0 Å². The Morgan fingerprint density at radius 1 is 1.67 bits per heavy atom. The fraction of sp³-hybridized carbons (Fsp3) is 0.600. The summed E-state index contributed by atoms with van der Waals surface area (Å²) < 4.78 is 1.93. The Bertz CT molecular complexity index is 309. The number of aliphatic hydroxyl groups excluding tert-OH is 1. The molecule has 1 amide bonds. The topological polar surface area (TPSA) is 67.2 Å². The highest BCUT2D eigenvalue weighted by molar-refractivity contribution is 5.75. The SMILES string of the molecule is Cn1ccnc1CCNC(=O)CCCO. The molecule has 0 radical (unpaired) electrons. The normalized spacial score (nSPS) is 10.3. The second kappa shape index (κ2) is 6.19. The summed E-state index contributed by atoms with van der Waals surface area (Å²) in [6.45, 7) is 0.655. The Balaban J connectivity index is 2.16. The molecule has 5 nitrogen and oxygen atoms in total. The van der Waals surface area contributed by atoms with Crippen LogP contribution < -0.4 is 5.32 Å². The number of hydrogen-bond donors (Lipinski definition) is 2. The Kier molecular flexibility index (Phi) is 4.83. The molecular weight excluding hydrogens is 194 g/mol. The predicted molar refractivity (Wildman–Crippen MR) is 56.2 cm³/mol. The molecule has 15 heavy (non-hydrogen) atoms. The number of hydrogen-bond acceptors (Lipinski definition) is 3. The van der Waals surface area contributed by atoms with Crippen LogP contribution in [0.1, 0.15) is 18.7 Å². The highest BCUT2D eigenvalue weighted by Gasteiger charge is 2.02. The maximum Gasteiger partial charge on any atom is 0.220 e. The van der Waals surface area contributed by atoms with E-state index in [-0.39, 0.29) is 12.5 Å². The molecule has 0 aromatic carbocycles. The highest BCUT2D eigenvalue weighted by atomic mass is 16.3. The molecule has 1 rings (SSSR count). The molecule has 5 heteroatoms. The third-order valence-electron chi connectivity index (χ3n) is 2.15. The van der Waals surface area contributed by atoms with Gasteiger partial charge in [-0.25, -0.2) is 4.98 Å². The molecule has 0 aliphatic rings. The highest BCUT2D eigenvalue weighted by Crippen LogP contribution is 1.94. The van der Waals surface area contributed by atoms with E-state index in [9.17, 15) is 4.79 Å². The molecule has 1 aromatic heterocycles. The first-order valence-electron chi connectivity index (χ1n) is 5.08. The minimum absolute atomic E-state index is 0.0155. The van der Waals surface area contributed by atoms with E-state index in [0.717, 1.165) is 12.2 Å². The van der Waals surface area contributed by atoms with Crippen molar-refractivity contribution in [1.82, 2.24) is 14.9 Å². The van der Waals surface area contributed by atoms with Gasteiger partial charge in [0, 0.05) is 45.4 Å². The van der Waals surface area contributed by atoms with Gasteiger partial charge in [0.25, 0.3) is 0 Å². The lowest BCUT2D eigenvalue weighted by atomic mass is 10.3. The molecule has 1 aromatic rings. The maximum atomic E-state index is 11.2. The van der Waals surface area contributed by atoms with Crippen LogP contribution in [0.25, 0.3) is 0 Å². The lowest BCUT2D eigenvalue weighted by Crippen LogP contribution is -2.26. The molecular formula is C10H17N3O2. The third kappa shape index (κ3) is 4.12. The van der Waals surface area contributed by atoms with Gasteiger partial charge in [0.05, 0.1) is 0 Å². The molecule has 2 N–H and O–H groups in total. The van der Waals surface area contributed by atoms with Gasteiger partial charge in [-0.1, -0.05) is 0 Å². The van der Waals surface area contributed by atoms with Gasteiger partial charge in [-0.3, -0.25) is 4.79 Å². The van der Waals surface area contributed by atoms with E-state index in [1.165, 1.54) is 0 Å². The number of nitrogens with zero attached hydrogens (tertiary/aromatic N) is 2. The van der Waals surface area contributed by atoms with Crippen LogP contribution in [-0.2, 0) is 18.3 Å². The van der Waals surface area contributed by atoms with Gasteiger partial charge in [-0.05, 0) is 6.42 Å². The van der Waals surface area contributed by atoms with E-state index in [2.05, 4.69) is 10.3 Å². The van der Waals surface area contributed by atoms with E-state index in [0.29, 0.717) is 19.4 Å². The van der Waals surface area contributed by atoms with Gasteiger partial charge in [-0.2, -0.15) is 0 Å². The smallest absolute Gasteiger partial charge is 0.220 e. The van der Waals surface area contributed by atoms with E-state index in [1.54, 1.807) is 6.20 Å². The van der Waals surface area contributed by atoms with Crippen molar-refractivity contribution >= 4 is 5.91 Å². The van der Waals surface area contributed by atoms with Crippen LogP contribution in [0.2, 0.25) is 0 Å². The van der Waals surface area contributed by atoms with Crippen molar-refractivity contribution in [2.45, 2.75) is 19.3 Å². The van der Waals surface area contributed by atoms with Gasteiger partial charge in [0.15, 0.2) is 0 Å². The molecule has 0 fully saturated rings. The number of amides is 1. The summed E-state index contributed by atoms with van der Waals surface area (Å²) >= 11 is 0. The Morgan fingerprint density at radius 3 is 3.07 bits per heavy atom. The van der Waals surface area contributed by atoms with E-state index in [1.807, 2.05) is 17.8 Å². The van der Waals surface area contributed by atoms with Crippen molar-refractivity contribution < 1.29 is 9.90 Å². The molecule has 0 spiro atoms. The lowest BCUT2D eigenvalue weighted by Gasteiger charge is -2.04. The fourth-order valence-corrected chi connectivity index (χ4v) is 1.28. The first-order chi connectivity index (χ1) is 7.24. The van der Waals surface area contributed by atoms with Crippen LogP contribution in [0.3, 0.4) is 0 Å². The molecule has 0 aliphatic heterocycles. The number of imidazole rings is 1. The summed E-state index contributed by atoms with van der Waals surface area (Å²) in [6, 6.07) is 0. The fourth-order valence-electron chi connectivity index (χ4n) is 1.28. The van der Waals surface area contributed by atoms with Crippen molar-refractivity contribution in [2.24, 2.45) is 7.05 Å². The summed E-state index contributed by atoms with van der Waals surface area (Å²) in [6.07, 6.45) is 5.26. The molecule has 0 unspecified atom stereocenters. The zero-order valence-electron chi connectivity index (χ0n) is 8.94. The van der Waals surface area contributed by atoms with Crippen LogP contribution in [0.4, 0.5) is 0 Å². The monoisotopic (exact) mass is 211 g/mol. The van der Waals surface area contributed by atoms with Gasteiger partial charge >= 0.3 is 0 Å². The zero-order chi connectivity index (χ0) is 11.1. The number of aryl methyl sites for hydroxylation is 1. The van der Waals surface area contributed by atoms with Crippen molar-refractivity contribution in [1.29, 1.82) is 0 Å². The molecule has 0 atom stereocenters. The van der Waals surface area contributed by atoms with Crippen LogP contribution in [-0.4, -0.2) is 33.7 Å². The average molecular weight is 211 g/mol. The number of aliphatic hydroxyl groups is 1. The predicted octanol–water partition coefficient (Wildman–Crippen LogP) is -0.149. The number of nitrogens with one attached hydrogen (secondary N) is 1. The van der Waals surface area contributed by atoms with E-state index >= 15 is 0 Å². The van der Waals surface area contributed by atoms with Crippen LogP contribution in [0.15, 0.2) is 12.4 Å². The standard InChI is InChI=1S/C10H17N3O2/c1-13-7-6-11-9(13)4-5-12-10(15)3-2-8-14/h6-7,14H,2-5,8H2,1H3,(H,12,15). The van der Waals surface area contributed by atoms with Gasteiger partial charge < -0.3 is 15.0 Å². The van der Waals surface area contributed by atoms with Crippen LogP contribution >= 0.6 is 0 Å². The summed E-state index contributed by atoms with van der Waals surface area (Å²) in [5, 5.41) is 11.3. The largest absolute Gasteiger partial charge is 0.396 e. The number of aromatic nitrogens is 2. The third-order valence-corrected chi connectivity index (χ3v) is 2.15. The number of rotatable bonds is 6. The lowest BCUT2D eigenvalue weighted by molar-refractivity contribution is -0.121. The molecule has 0 aliphatic carbocycles. The average Bonchev–Trinajstić information content (AvgIpc) is 2.61. The number of carbonyl (C=O) groups excluding carboxylic acids is 1. The Hall–Kier alpha value is -1.36. The molecule has 84 valence electrons. The first kappa shape index (κ1) is 11.7. The molecule has 0 bridgehead atoms. The second-order valence-corrected chi connectivity index (χ2v) is 3.38. The minimum Gasteiger partial charge on any atom is -0.396 e. The summed E-state index contributed by atoms with van der Waals surface area (Å²) in [4.78, 5) is 15.3. The Morgan fingerprint density at radius 2 is 2.47 bits per heavy atom. The molecule has 0 saturated carbocycles. The van der Waals surface area contributed by atoms with Gasteiger partial charge in [0.1, 0.15) is 5.82 Å². The Labute approximate surface area is 89.1 Å². The summed E-state index contributed by atoms with van der Waals surface area (Å²) in [7, 11) is 1.93. The maximum absolute atomic E-state index is 11.2. The molecule has 0 saturated heterocycles. The summed E-state index contributed by atoms with van der Waals surface area (Å²) in [5.41, 5.74) is 0. The quantitative estimate of drug-likeness (QED) is 0.687. The van der Waals surface area contributed by atoms with Crippen molar-refractivity contribution in [3.05, 3.63) is 18.2 Å². The summed E-state index contributed by atoms with van der Waals surface area (Å²) in [5.74, 6) is 0.940. The minimum atomic E-state index is -0.0155.